The molecule has 19 heavy (non-hydrogen) atoms. The summed E-state index contributed by atoms with van der Waals surface area (Å²) in [7, 11) is 0. The molecule has 1 aromatic heterocycles. The minimum absolute atomic E-state index is 0.155. The van der Waals surface area contributed by atoms with E-state index in [-0.39, 0.29) is 11.0 Å². The Balaban J connectivity index is 2.77. The number of hydrogen-bond acceptors (Lipinski definition) is 3. The van der Waals surface area contributed by atoms with Gasteiger partial charge in [0.15, 0.2) is 0 Å². The van der Waals surface area contributed by atoms with Crippen LogP contribution >= 0.6 is 0 Å². The number of rotatable bonds is 6. The first-order chi connectivity index (χ1) is 8.67. The van der Waals surface area contributed by atoms with Gasteiger partial charge in [0, 0.05) is 24.5 Å². The zero-order valence-electron chi connectivity index (χ0n) is 13.6. The lowest BCUT2D eigenvalue weighted by molar-refractivity contribution is 0.246. The Morgan fingerprint density at radius 2 is 1.89 bits per heavy atom. The van der Waals surface area contributed by atoms with E-state index in [1.54, 1.807) is 6.33 Å². The predicted octanol–water partition coefficient (Wildman–Crippen LogP) is 3.21. The molecule has 110 valence electrons. The van der Waals surface area contributed by atoms with Crippen LogP contribution in [0.5, 0.6) is 0 Å². The predicted molar refractivity (Wildman–Crippen MR) is 80.3 cm³/mol. The summed E-state index contributed by atoms with van der Waals surface area (Å²) in [6.45, 7) is 16.5. The van der Waals surface area contributed by atoms with Crippen molar-refractivity contribution in [2.24, 2.45) is 5.41 Å². The van der Waals surface area contributed by atoms with E-state index in [1.807, 2.05) is 4.68 Å². The topological polar surface area (TPSA) is 42.7 Å². The lowest BCUT2D eigenvalue weighted by Gasteiger charge is -2.33. The average molecular weight is 266 g/mol. The molecule has 0 amide bonds. The third kappa shape index (κ3) is 4.94. The summed E-state index contributed by atoms with van der Waals surface area (Å²) in [5.41, 5.74) is 0.370. The smallest absolute Gasteiger partial charge is 0.138 e. The van der Waals surface area contributed by atoms with Gasteiger partial charge in [-0.3, -0.25) is 0 Å². The van der Waals surface area contributed by atoms with Gasteiger partial charge in [0.2, 0.25) is 0 Å². The van der Waals surface area contributed by atoms with E-state index >= 15 is 0 Å². The molecule has 1 rings (SSSR count). The molecule has 1 heterocycles. The zero-order chi connectivity index (χ0) is 14.7. The second kappa shape index (κ2) is 6.04. The van der Waals surface area contributed by atoms with E-state index in [2.05, 4.69) is 63.9 Å². The molecule has 0 saturated carbocycles. The summed E-state index contributed by atoms with van der Waals surface area (Å²) in [6, 6.07) is 0.370. The maximum absolute atomic E-state index is 4.44. The van der Waals surface area contributed by atoms with Crippen LogP contribution in [0.2, 0.25) is 0 Å². The van der Waals surface area contributed by atoms with E-state index in [9.17, 15) is 0 Å². The maximum Gasteiger partial charge on any atom is 0.138 e. The fourth-order valence-electron chi connectivity index (χ4n) is 2.00. The van der Waals surface area contributed by atoms with Crippen molar-refractivity contribution in [3.8, 4) is 0 Å². The SMILES string of the molecule is CCC(C)(CNC(C)(C)C)Cc1ncnn1C(C)C. The molecule has 4 heteroatoms. The van der Waals surface area contributed by atoms with E-state index in [0.717, 1.165) is 25.2 Å². The van der Waals surface area contributed by atoms with Crippen LogP contribution in [-0.2, 0) is 6.42 Å². The Hall–Kier alpha value is -0.900. The quantitative estimate of drug-likeness (QED) is 0.859. The van der Waals surface area contributed by atoms with Gasteiger partial charge >= 0.3 is 0 Å². The number of nitrogens with zero attached hydrogens (tertiary/aromatic N) is 3. The Labute approximate surface area is 118 Å². The normalized spacial score (nSPS) is 15.8. The first kappa shape index (κ1) is 16.2. The van der Waals surface area contributed by atoms with Crippen LogP contribution in [-0.4, -0.2) is 26.8 Å². The van der Waals surface area contributed by atoms with E-state index in [0.29, 0.717) is 6.04 Å². The molecular weight excluding hydrogens is 236 g/mol. The van der Waals surface area contributed by atoms with Crippen molar-refractivity contribution >= 4 is 0 Å². The summed E-state index contributed by atoms with van der Waals surface area (Å²) in [6.07, 6.45) is 3.76. The van der Waals surface area contributed by atoms with Crippen molar-refractivity contribution in [3.63, 3.8) is 0 Å². The molecule has 1 unspecified atom stereocenters. The Bertz CT molecular complexity index is 389. The molecule has 0 radical (unpaired) electrons. The Kier molecular flexibility index (Phi) is 5.13. The third-order valence-electron chi connectivity index (χ3n) is 3.62. The minimum Gasteiger partial charge on any atom is -0.312 e. The van der Waals surface area contributed by atoms with Gasteiger partial charge in [-0.05, 0) is 46.5 Å². The summed E-state index contributed by atoms with van der Waals surface area (Å²) >= 11 is 0. The maximum atomic E-state index is 4.44. The number of aromatic nitrogens is 3. The van der Waals surface area contributed by atoms with Crippen molar-refractivity contribution in [1.29, 1.82) is 0 Å². The molecule has 1 atom stereocenters. The highest BCUT2D eigenvalue weighted by molar-refractivity contribution is 4.95. The lowest BCUT2D eigenvalue weighted by Crippen LogP contribution is -2.43. The van der Waals surface area contributed by atoms with Crippen molar-refractivity contribution in [2.45, 2.75) is 72.9 Å². The van der Waals surface area contributed by atoms with Crippen molar-refractivity contribution in [1.82, 2.24) is 20.1 Å². The Morgan fingerprint density at radius 1 is 1.26 bits per heavy atom. The van der Waals surface area contributed by atoms with Gasteiger partial charge in [-0.25, -0.2) is 9.67 Å². The molecule has 0 bridgehead atoms. The molecule has 0 saturated heterocycles. The van der Waals surface area contributed by atoms with Gasteiger partial charge in [0.25, 0.3) is 0 Å². The highest BCUT2D eigenvalue weighted by atomic mass is 15.3. The summed E-state index contributed by atoms with van der Waals surface area (Å²) < 4.78 is 2.03. The molecule has 0 spiro atoms. The van der Waals surface area contributed by atoms with Crippen LogP contribution in [0.1, 0.15) is 66.8 Å². The van der Waals surface area contributed by atoms with Crippen LogP contribution in [0.3, 0.4) is 0 Å². The molecule has 0 aromatic carbocycles. The van der Waals surface area contributed by atoms with E-state index in [1.165, 1.54) is 0 Å². The summed E-state index contributed by atoms with van der Waals surface area (Å²) in [4.78, 5) is 4.44. The molecule has 0 aliphatic carbocycles. The first-order valence-electron chi connectivity index (χ1n) is 7.30. The van der Waals surface area contributed by atoms with Gasteiger partial charge < -0.3 is 5.32 Å². The van der Waals surface area contributed by atoms with Crippen LogP contribution in [0, 0.1) is 5.41 Å². The van der Waals surface area contributed by atoms with Crippen molar-refractivity contribution < 1.29 is 0 Å². The van der Waals surface area contributed by atoms with Gasteiger partial charge in [-0.15, -0.1) is 0 Å². The molecule has 1 N–H and O–H groups in total. The fourth-order valence-corrected chi connectivity index (χ4v) is 2.00. The summed E-state index contributed by atoms with van der Waals surface area (Å²) in [5, 5.41) is 7.95. The largest absolute Gasteiger partial charge is 0.312 e. The van der Waals surface area contributed by atoms with Crippen LogP contribution in [0.15, 0.2) is 6.33 Å². The van der Waals surface area contributed by atoms with Crippen molar-refractivity contribution in [2.75, 3.05) is 6.54 Å². The highest BCUT2D eigenvalue weighted by Crippen LogP contribution is 2.26. The number of hydrogen-bond donors (Lipinski definition) is 1. The lowest BCUT2D eigenvalue weighted by atomic mass is 9.83. The third-order valence-corrected chi connectivity index (χ3v) is 3.62. The van der Waals surface area contributed by atoms with Gasteiger partial charge in [0.05, 0.1) is 0 Å². The zero-order valence-corrected chi connectivity index (χ0v) is 13.6. The minimum atomic E-state index is 0.155. The molecule has 4 nitrogen and oxygen atoms in total. The van der Waals surface area contributed by atoms with Crippen LogP contribution in [0.25, 0.3) is 0 Å². The average Bonchev–Trinajstić information content (AvgIpc) is 2.73. The second-order valence-corrected chi connectivity index (χ2v) is 7.16. The highest BCUT2D eigenvalue weighted by Gasteiger charge is 2.27. The molecule has 0 aliphatic heterocycles. The molecule has 0 fully saturated rings. The van der Waals surface area contributed by atoms with E-state index < -0.39 is 0 Å². The monoisotopic (exact) mass is 266 g/mol. The fraction of sp³-hybridized carbons (Fsp3) is 0.867. The summed E-state index contributed by atoms with van der Waals surface area (Å²) in [5.74, 6) is 1.09. The van der Waals surface area contributed by atoms with Crippen LogP contribution in [0.4, 0.5) is 0 Å². The van der Waals surface area contributed by atoms with Gasteiger partial charge in [-0.2, -0.15) is 5.10 Å². The van der Waals surface area contributed by atoms with Gasteiger partial charge in [-0.1, -0.05) is 13.8 Å². The van der Waals surface area contributed by atoms with Gasteiger partial charge in [0.1, 0.15) is 12.2 Å². The molecular formula is C15H30N4. The number of nitrogens with one attached hydrogen (secondary N) is 1. The first-order valence-corrected chi connectivity index (χ1v) is 7.30. The second-order valence-electron chi connectivity index (χ2n) is 7.16. The van der Waals surface area contributed by atoms with Crippen molar-refractivity contribution in [3.05, 3.63) is 12.2 Å². The Morgan fingerprint density at radius 3 is 2.37 bits per heavy atom. The van der Waals surface area contributed by atoms with Crippen LogP contribution < -0.4 is 5.32 Å². The standard InChI is InChI=1S/C15H30N4/c1-8-15(7,10-17-14(4,5)6)9-13-16-11-18-19(13)12(2)3/h11-12,17H,8-10H2,1-7H3. The van der Waals surface area contributed by atoms with E-state index in [4.69, 9.17) is 0 Å². The molecule has 0 aliphatic rings. The molecule has 1 aromatic rings.